The van der Waals surface area contributed by atoms with Gasteiger partial charge in [-0.05, 0) is 25.5 Å². The summed E-state index contributed by atoms with van der Waals surface area (Å²) in [6.07, 6.45) is 0.789. The number of nitrogens with one attached hydrogen (secondary N) is 1. The van der Waals surface area contributed by atoms with Crippen LogP contribution in [0.1, 0.15) is 13.3 Å². The zero-order valence-electron chi connectivity index (χ0n) is 10.6. The lowest BCUT2D eigenvalue weighted by Gasteiger charge is -2.15. The normalized spacial score (nSPS) is 23.7. The number of rotatable bonds is 4. The number of anilines is 1. The van der Waals surface area contributed by atoms with E-state index >= 15 is 0 Å². The predicted octanol–water partition coefficient (Wildman–Crippen LogP) is 1.11. The Morgan fingerprint density at radius 1 is 1.53 bits per heavy atom. The third kappa shape index (κ3) is 3.05. The number of benzene rings is 1. The second kappa shape index (κ2) is 5.44. The Morgan fingerprint density at radius 3 is 2.84 bits per heavy atom. The molecule has 1 heterocycles. The van der Waals surface area contributed by atoms with Gasteiger partial charge in [0.25, 0.3) is 0 Å². The van der Waals surface area contributed by atoms with E-state index in [0.29, 0.717) is 6.61 Å². The van der Waals surface area contributed by atoms with E-state index in [-0.39, 0.29) is 24.3 Å². The van der Waals surface area contributed by atoms with Gasteiger partial charge in [-0.25, -0.2) is 17.5 Å². The molecular formula is C12H17FN2O3S. The van der Waals surface area contributed by atoms with Crippen molar-refractivity contribution in [2.75, 3.05) is 18.9 Å². The molecule has 106 valence electrons. The first kappa shape index (κ1) is 14.2. The summed E-state index contributed by atoms with van der Waals surface area (Å²) in [6, 6.07) is 3.81. The molecule has 0 amide bonds. The molecule has 0 spiro atoms. The molecule has 0 aromatic heterocycles. The van der Waals surface area contributed by atoms with Crippen LogP contribution >= 0.6 is 0 Å². The lowest BCUT2D eigenvalue weighted by atomic mass is 10.0. The molecule has 0 saturated carbocycles. The first-order valence-electron chi connectivity index (χ1n) is 6.07. The second-order valence-electron chi connectivity index (χ2n) is 4.63. The van der Waals surface area contributed by atoms with E-state index < -0.39 is 20.7 Å². The van der Waals surface area contributed by atoms with Crippen LogP contribution < -0.4 is 10.5 Å². The number of sulfonamides is 1. The van der Waals surface area contributed by atoms with E-state index in [1.807, 2.05) is 6.92 Å². The van der Waals surface area contributed by atoms with E-state index in [0.717, 1.165) is 12.5 Å². The van der Waals surface area contributed by atoms with Gasteiger partial charge in [-0.3, -0.25) is 0 Å². The Kier molecular flexibility index (Phi) is 4.07. The Balaban J connectivity index is 2.14. The third-order valence-electron chi connectivity index (χ3n) is 3.33. The summed E-state index contributed by atoms with van der Waals surface area (Å²) in [4.78, 5) is -0.485. The SMILES string of the molecule is CC1OCCC1CNS(=O)(=O)c1c(N)cccc1F. The lowest BCUT2D eigenvalue weighted by Crippen LogP contribution is -2.32. The molecule has 1 aliphatic rings. The summed E-state index contributed by atoms with van der Waals surface area (Å²) in [6.45, 7) is 2.73. The van der Waals surface area contributed by atoms with Crippen LogP contribution in [0.3, 0.4) is 0 Å². The van der Waals surface area contributed by atoms with Crippen molar-refractivity contribution >= 4 is 15.7 Å². The molecule has 7 heteroatoms. The molecule has 1 aromatic rings. The van der Waals surface area contributed by atoms with Gasteiger partial charge in [-0.1, -0.05) is 6.07 Å². The van der Waals surface area contributed by atoms with E-state index in [2.05, 4.69) is 4.72 Å². The molecule has 0 aliphatic carbocycles. The minimum atomic E-state index is -3.94. The average molecular weight is 288 g/mol. The zero-order chi connectivity index (χ0) is 14.0. The Hall–Kier alpha value is -1.18. The van der Waals surface area contributed by atoms with Gasteiger partial charge in [0.05, 0.1) is 11.8 Å². The van der Waals surface area contributed by atoms with Crippen LogP contribution in [0, 0.1) is 11.7 Å². The van der Waals surface area contributed by atoms with Gasteiger partial charge in [0.2, 0.25) is 10.0 Å². The Bertz CT molecular complexity index is 542. The molecule has 1 aliphatic heterocycles. The number of halogens is 1. The van der Waals surface area contributed by atoms with E-state index in [4.69, 9.17) is 10.5 Å². The summed E-state index contributed by atoms with van der Waals surface area (Å²) < 4.78 is 45.5. The number of hydrogen-bond donors (Lipinski definition) is 2. The largest absolute Gasteiger partial charge is 0.398 e. The second-order valence-corrected chi connectivity index (χ2v) is 6.34. The summed E-state index contributed by atoms with van der Waals surface area (Å²) in [5, 5.41) is 0. The highest BCUT2D eigenvalue weighted by Gasteiger charge is 2.28. The van der Waals surface area contributed by atoms with Crippen LogP contribution in [0.2, 0.25) is 0 Å². The van der Waals surface area contributed by atoms with Crippen molar-refractivity contribution in [1.82, 2.24) is 4.72 Å². The molecule has 2 rings (SSSR count). The predicted molar refractivity (Wildman–Crippen MR) is 69.5 cm³/mol. The molecule has 2 atom stereocenters. The fraction of sp³-hybridized carbons (Fsp3) is 0.500. The minimum Gasteiger partial charge on any atom is -0.398 e. The number of hydrogen-bond acceptors (Lipinski definition) is 4. The molecule has 3 N–H and O–H groups in total. The minimum absolute atomic E-state index is 0.000618. The highest BCUT2D eigenvalue weighted by Crippen LogP contribution is 2.23. The van der Waals surface area contributed by atoms with Crippen LogP contribution in [-0.4, -0.2) is 27.7 Å². The van der Waals surface area contributed by atoms with Crippen molar-refractivity contribution in [2.24, 2.45) is 5.92 Å². The number of ether oxygens (including phenoxy) is 1. The van der Waals surface area contributed by atoms with Crippen molar-refractivity contribution < 1.29 is 17.5 Å². The van der Waals surface area contributed by atoms with Gasteiger partial charge in [0.15, 0.2) is 0 Å². The molecule has 2 unspecified atom stereocenters. The maximum atomic E-state index is 13.6. The quantitative estimate of drug-likeness (QED) is 0.813. The summed E-state index contributed by atoms with van der Waals surface area (Å²) in [5.41, 5.74) is 5.44. The summed E-state index contributed by atoms with van der Waals surface area (Å²) >= 11 is 0. The third-order valence-corrected chi connectivity index (χ3v) is 4.85. The molecule has 0 bridgehead atoms. The van der Waals surface area contributed by atoms with Gasteiger partial charge in [0.1, 0.15) is 10.7 Å². The van der Waals surface area contributed by atoms with Crippen molar-refractivity contribution in [3.05, 3.63) is 24.0 Å². The Morgan fingerprint density at radius 2 is 2.26 bits per heavy atom. The molecule has 0 radical (unpaired) electrons. The van der Waals surface area contributed by atoms with E-state index in [1.54, 1.807) is 0 Å². The summed E-state index contributed by atoms with van der Waals surface area (Å²) in [5.74, 6) is -0.744. The van der Waals surface area contributed by atoms with E-state index in [9.17, 15) is 12.8 Å². The maximum absolute atomic E-state index is 13.6. The summed E-state index contributed by atoms with van der Waals surface area (Å²) in [7, 11) is -3.94. The molecular weight excluding hydrogens is 271 g/mol. The molecule has 5 nitrogen and oxygen atoms in total. The van der Waals surface area contributed by atoms with E-state index in [1.165, 1.54) is 12.1 Å². The zero-order valence-corrected chi connectivity index (χ0v) is 11.4. The molecule has 19 heavy (non-hydrogen) atoms. The van der Waals surface area contributed by atoms with Gasteiger partial charge < -0.3 is 10.5 Å². The maximum Gasteiger partial charge on any atom is 0.245 e. The Labute approximate surface area is 112 Å². The van der Waals surface area contributed by atoms with Crippen LogP contribution in [0.25, 0.3) is 0 Å². The molecule has 1 aromatic carbocycles. The smallest absolute Gasteiger partial charge is 0.245 e. The molecule has 1 saturated heterocycles. The highest BCUT2D eigenvalue weighted by atomic mass is 32.2. The average Bonchev–Trinajstić information content (AvgIpc) is 2.72. The van der Waals surface area contributed by atoms with Crippen LogP contribution in [0.15, 0.2) is 23.1 Å². The fourth-order valence-corrected chi connectivity index (χ4v) is 3.42. The first-order valence-corrected chi connectivity index (χ1v) is 7.55. The number of nitrogens with two attached hydrogens (primary N) is 1. The van der Waals surface area contributed by atoms with Gasteiger partial charge in [-0.15, -0.1) is 0 Å². The van der Waals surface area contributed by atoms with Crippen molar-refractivity contribution in [3.8, 4) is 0 Å². The number of nitrogen functional groups attached to an aromatic ring is 1. The van der Waals surface area contributed by atoms with Crippen LogP contribution in [0.4, 0.5) is 10.1 Å². The van der Waals surface area contributed by atoms with Gasteiger partial charge >= 0.3 is 0 Å². The van der Waals surface area contributed by atoms with Gasteiger partial charge in [-0.2, -0.15) is 0 Å². The van der Waals surface area contributed by atoms with Crippen molar-refractivity contribution in [3.63, 3.8) is 0 Å². The highest BCUT2D eigenvalue weighted by molar-refractivity contribution is 7.89. The van der Waals surface area contributed by atoms with Crippen LogP contribution in [0.5, 0.6) is 0 Å². The topological polar surface area (TPSA) is 81.4 Å². The lowest BCUT2D eigenvalue weighted by molar-refractivity contribution is 0.107. The van der Waals surface area contributed by atoms with Gasteiger partial charge in [0, 0.05) is 19.1 Å². The van der Waals surface area contributed by atoms with Crippen LogP contribution in [-0.2, 0) is 14.8 Å². The van der Waals surface area contributed by atoms with Crippen molar-refractivity contribution in [2.45, 2.75) is 24.3 Å². The van der Waals surface area contributed by atoms with Crippen molar-refractivity contribution in [1.29, 1.82) is 0 Å². The fourth-order valence-electron chi connectivity index (χ4n) is 2.14. The standard InChI is InChI=1S/C12H17FN2O3S/c1-8-9(5-6-18-8)7-15-19(16,17)12-10(13)3-2-4-11(12)14/h2-4,8-9,15H,5-7,14H2,1H3. The first-order chi connectivity index (χ1) is 8.92. The monoisotopic (exact) mass is 288 g/mol. The molecule has 1 fully saturated rings.